The molecule has 0 fully saturated rings. The molecule has 0 aliphatic heterocycles. The Balaban J connectivity index is 3.57. The Hall–Kier alpha value is -0.780. The second-order valence-electron chi connectivity index (χ2n) is 3.01. The normalized spacial score (nSPS) is 11.0. The zero-order valence-electron chi connectivity index (χ0n) is 7.85. The van der Waals surface area contributed by atoms with E-state index in [0.717, 1.165) is 12.8 Å². The van der Waals surface area contributed by atoms with Crippen LogP contribution in [-0.4, -0.2) is 0 Å². The van der Waals surface area contributed by atoms with E-state index in [-0.39, 0.29) is 0 Å². The van der Waals surface area contributed by atoms with Crippen molar-refractivity contribution in [2.75, 3.05) is 0 Å². The number of rotatable bonds is 4. The summed E-state index contributed by atoms with van der Waals surface area (Å²) in [6, 6.07) is 0. The van der Waals surface area contributed by atoms with Gasteiger partial charge < -0.3 is 0 Å². The molecule has 62 valence electrons. The highest BCUT2D eigenvalue weighted by Crippen LogP contribution is 2.01. The van der Waals surface area contributed by atoms with Gasteiger partial charge in [-0.25, -0.2) is 0 Å². The van der Waals surface area contributed by atoms with Crippen LogP contribution >= 0.6 is 0 Å². The van der Waals surface area contributed by atoms with E-state index in [4.69, 9.17) is 0 Å². The lowest BCUT2D eigenvalue weighted by Crippen LogP contribution is -1.70. The lowest BCUT2D eigenvalue weighted by atomic mass is 10.2. The molecule has 11 heavy (non-hydrogen) atoms. The van der Waals surface area contributed by atoms with Crippen molar-refractivity contribution in [3.63, 3.8) is 0 Å². The quantitative estimate of drug-likeness (QED) is 0.324. The highest BCUT2D eigenvalue weighted by molar-refractivity contribution is 5.12. The fraction of sp³-hybridized carbons (Fsp3) is 0.455. The summed E-state index contributed by atoms with van der Waals surface area (Å²) >= 11 is 0. The summed E-state index contributed by atoms with van der Waals surface area (Å²) in [5, 5.41) is 0. The van der Waals surface area contributed by atoms with Gasteiger partial charge in [-0.15, -0.1) is 0 Å². The molecule has 0 aromatic rings. The van der Waals surface area contributed by atoms with Crippen LogP contribution in [0.2, 0.25) is 0 Å². The third-order valence-electron chi connectivity index (χ3n) is 1.51. The number of hydrogen-bond acceptors (Lipinski definition) is 0. The van der Waals surface area contributed by atoms with Crippen molar-refractivity contribution in [3.05, 3.63) is 36.0 Å². The summed E-state index contributed by atoms with van der Waals surface area (Å²) in [6.45, 7) is 10.0. The first kappa shape index (κ1) is 10.2. The van der Waals surface area contributed by atoms with Crippen LogP contribution in [0, 0.1) is 0 Å². The molecule has 0 atom stereocenters. The van der Waals surface area contributed by atoms with E-state index in [2.05, 4.69) is 39.5 Å². The molecule has 0 rings (SSSR count). The zero-order valence-corrected chi connectivity index (χ0v) is 7.85. The molecule has 0 saturated heterocycles. The summed E-state index contributed by atoms with van der Waals surface area (Å²) in [4.78, 5) is 0. The van der Waals surface area contributed by atoms with Crippen molar-refractivity contribution in [2.45, 2.75) is 33.6 Å². The van der Waals surface area contributed by atoms with Gasteiger partial charge in [0, 0.05) is 0 Å². The van der Waals surface area contributed by atoms with Gasteiger partial charge in [-0.2, -0.15) is 0 Å². The number of unbranched alkanes of at least 4 members (excludes halogenated alkanes) is 1. The Morgan fingerprint density at radius 3 is 2.09 bits per heavy atom. The number of hydrogen-bond donors (Lipinski definition) is 0. The third-order valence-corrected chi connectivity index (χ3v) is 1.51. The molecule has 0 nitrogen and oxygen atoms in total. The first-order valence-electron chi connectivity index (χ1n) is 4.09. The van der Waals surface area contributed by atoms with Gasteiger partial charge in [0.1, 0.15) is 0 Å². The molecule has 0 unspecified atom stereocenters. The van der Waals surface area contributed by atoms with Crippen LogP contribution in [0.4, 0.5) is 0 Å². The highest BCUT2D eigenvalue weighted by atomic mass is 13.9. The first-order valence-corrected chi connectivity index (χ1v) is 4.09. The largest absolute Gasteiger partial charge is 0.0988 e. The second-order valence-corrected chi connectivity index (χ2v) is 3.01. The van der Waals surface area contributed by atoms with Crippen molar-refractivity contribution in [2.24, 2.45) is 0 Å². The molecule has 0 radical (unpaired) electrons. The Morgan fingerprint density at radius 1 is 1.09 bits per heavy atom. The molecule has 0 spiro atoms. The van der Waals surface area contributed by atoms with E-state index in [1.54, 1.807) is 0 Å². The van der Waals surface area contributed by atoms with Crippen LogP contribution in [0.3, 0.4) is 0 Å². The Bertz CT molecular complexity index is 166. The van der Waals surface area contributed by atoms with Crippen molar-refractivity contribution in [3.8, 4) is 0 Å². The summed E-state index contributed by atoms with van der Waals surface area (Å²) in [5.74, 6) is 0. The average molecular weight is 150 g/mol. The van der Waals surface area contributed by atoms with Crippen molar-refractivity contribution in [1.29, 1.82) is 0 Å². The van der Waals surface area contributed by atoms with Gasteiger partial charge in [0.05, 0.1) is 0 Å². The monoisotopic (exact) mass is 150 g/mol. The fourth-order valence-corrected chi connectivity index (χ4v) is 0.766. The van der Waals surface area contributed by atoms with E-state index in [9.17, 15) is 0 Å². The van der Waals surface area contributed by atoms with Crippen LogP contribution in [0.1, 0.15) is 33.6 Å². The topological polar surface area (TPSA) is 0 Å². The molecular formula is C11H18. The molecule has 0 aliphatic rings. The molecular weight excluding hydrogens is 132 g/mol. The van der Waals surface area contributed by atoms with Crippen LogP contribution in [0.15, 0.2) is 36.0 Å². The molecule has 0 heterocycles. The Labute approximate surface area is 70.3 Å². The lowest BCUT2D eigenvalue weighted by Gasteiger charge is -1.91. The van der Waals surface area contributed by atoms with Crippen LogP contribution < -0.4 is 0 Å². The first-order chi connectivity index (χ1) is 5.16. The standard InChI is InChI=1S/C11H18/c1-5-11(4)9-7-6-8-10(2)3/h5,8-9H,1,6-7H2,2-4H3/b11-9+. The molecule has 0 aromatic carbocycles. The second kappa shape index (κ2) is 5.96. The average Bonchev–Trinajstić information content (AvgIpc) is 1.97. The molecule has 0 saturated carbocycles. The molecule has 0 aliphatic carbocycles. The maximum Gasteiger partial charge on any atom is -0.0310 e. The van der Waals surface area contributed by atoms with Crippen LogP contribution in [0.5, 0.6) is 0 Å². The molecule has 0 N–H and O–H groups in total. The van der Waals surface area contributed by atoms with Crippen molar-refractivity contribution in [1.82, 2.24) is 0 Å². The molecule has 0 bridgehead atoms. The van der Waals surface area contributed by atoms with Crippen LogP contribution in [0.25, 0.3) is 0 Å². The maximum absolute atomic E-state index is 3.69. The predicted molar refractivity (Wildman–Crippen MR) is 52.6 cm³/mol. The summed E-state index contributed by atoms with van der Waals surface area (Å²) in [6.07, 6.45) is 8.64. The molecule has 0 aromatic heterocycles. The van der Waals surface area contributed by atoms with Gasteiger partial charge in [0.15, 0.2) is 0 Å². The molecule has 0 amide bonds. The molecule has 0 heteroatoms. The number of allylic oxidation sites excluding steroid dienone is 5. The van der Waals surface area contributed by atoms with E-state index in [1.807, 2.05) is 6.08 Å². The van der Waals surface area contributed by atoms with Gasteiger partial charge in [0.2, 0.25) is 0 Å². The maximum atomic E-state index is 3.69. The summed E-state index contributed by atoms with van der Waals surface area (Å²) in [5.41, 5.74) is 2.67. The lowest BCUT2D eigenvalue weighted by molar-refractivity contribution is 1.02. The van der Waals surface area contributed by atoms with Gasteiger partial charge in [-0.05, 0) is 33.6 Å². The van der Waals surface area contributed by atoms with E-state index < -0.39 is 0 Å². The van der Waals surface area contributed by atoms with Gasteiger partial charge >= 0.3 is 0 Å². The SMILES string of the molecule is C=C/C(C)=C/CCC=C(C)C. The zero-order chi connectivity index (χ0) is 8.69. The Morgan fingerprint density at radius 2 is 1.64 bits per heavy atom. The van der Waals surface area contributed by atoms with Crippen molar-refractivity contribution < 1.29 is 0 Å². The van der Waals surface area contributed by atoms with E-state index in [0.29, 0.717) is 0 Å². The summed E-state index contributed by atoms with van der Waals surface area (Å²) in [7, 11) is 0. The van der Waals surface area contributed by atoms with Crippen LogP contribution in [-0.2, 0) is 0 Å². The minimum Gasteiger partial charge on any atom is -0.0988 e. The minimum absolute atomic E-state index is 1.13. The van der Waals surface area contributed by atoms with E-state index in [1.165, 1.54) is 11.1 Å². The highest BCUT2D eigenvalue weighted by Gasteiger charge is 1.81. The smallest absolute Gasteiger partial charge is 0.0310 e. The van der Waals surface area contributed by atoms with E-state index >= 15 is 0 Å². The predicted octanol–water partition coefficient (Wildman–Crippen LogP) is 3.87. The Kier molecular flexibility index (Phi) is 5.54. The van der Waals surface area contributed by atoms with Gasteiger partial charge in [-0.3, -0.25) is 0 Å². The summed E-state index contributed by atoms with van der Waals surface area (Å²) < 4.78 is 0. The van der Waals surface area contributed by atoms with Gasteiger partial charge in [-0.1, -0.05) is 36.0 Å². The van der Waals surface area contributed by atoms with Crippen molar-refractivity contribution >= 4 is 0 Å². The fourth-order valence-electron chi connectivity index (χ4n) is 0.766. The van der Waals surface area contributed by atoms with Gasteiger partial charge in [0.25, 0.3) is 0 Å². The minimum atomic E-state index is 1.13. The third kappa shape index (κ3) is 7.11.